The number of hydrogen-bond donors (Lipinski definition) is 3. The first-order chi connectivity index (χ1) is 11.9. The summed E-state index contributed by atoms with van der Waals surface area (Å²) >= 11 is 17.6. The van der Waals surface area contributed by atoms with Crippen LogP contribution in [0.5, 0.6) is 0 Å². The minimum atomic E-state index is -0.965. The van der Waals surface area contributed by atoms with Crippen molar-refractivity contribution in [2.24, 2.45) is 0 Å². The summed E-state index contributed by atoms with van der Waals surface area (Å²) in [5.74, 6) is -2.45. The van der Waals surface area contributed by atoms with Crippen LogP contribution in [0.15, 0.2) is 42.5 Å². The van der Waals surface area contributed by atoms with Crippen molar-refractivity contribution in [2.45, 2.75) is 0 Å². The largest absolute Gasteiger partial charge is 0.339 e. The quantitative estimate of drug-likeness (QED) is 0.688. The number of carbonyl (C=O) groups excluding carboxylic acids is 3. The zero-order chi connectivity index (χ0) is 18.4. The van der Waals surface area contributed by atoms with E-state index in [1.54, 1.807) is 36.4 Å². The van der Waals surface area contributed by atoms with Crippen LogP contribution in [0.1, 0.15) is 0 Å². The van der Waals surface area contributed by atoms with E-state index < -0.39 is 24.3 Å². The molecule has 0 aromatic heterocycles. The molecule has 0 unspecified atom stereocenters. The molecule has 130 valence electrons. The third-order valence-electron chi connectivity index (χ3n) is 2.92. The van der Waals surface area contributed by atoms with E-state index in [4.69, 9.17) is 34.8 Å². The molecule has 0 aliphatic rings. The summed E-state index contributed by atoms with van der Waals surface area (Å²) in [5, 5.41) is 7.93. The third-order valence-corrected chi connectivity index (χ3v) is 3.98. The van der Waals surface area contributed by atoms with Crippen molar-refractivity contribution < 1.29 is 14.4 Å². The molecule has 0 saturated carbocycles. The van der Waals surface area contributed by atoms with Gasteiger partial charge in [-0.05, 0) is 30.3 Å². The zero-order valence-corrected chi connectivity index (χ0v) is 14.9. The molecule has 0 aliphatic carbocycles. The Bertz CT molecular complexity index is 827. The molecule has 2 rings (SSSR count). The molecular weight excluding hydrogens is 389 g/mol. The molecule has 0 heterocycles. The Balaban J connectivity index is 1.85. The van der Waals surface area contributed by atoms with Gasteiger partial charge in [0.2, 0.25) is 5.91 Å². The number of amides is 3. The van der Waals surface area contributed by atoms with Gasteiger partial charge in [0.05, 0.1) is 22.3 Å². The molecule has 0 fully saturated rings. The molecule has 0 spiro atoms. The first-order valence-electron chi connectivity index (χ1n) is 6.95. The number of anilines is 2. The lowest BCUT2D eigenvalue weighted by Gasteiger charge is -2.09. The van der Waals surface area contributed by atoms with Crippen molar-refractivity contribution in [1.29, 1.82) is 0 Å². The van der Waals surface area contributed by atoms with E-state index in [1.807, 2.05) is 0 Å². The highest BCUT2D eigenvalue weighted by molar-refractivity contribution is 6.44. The molecule has 0 atom stereocenters. The van der Waals surface area contributed by atoms with Gasteiger partial charge in [0.25, 0.3) is 0 Å². The van der Waals surface area contributed by atoms with Gasteiger partial charge >= 0.3 is 11.8 Å². The SMILES string of the molecule is O=C(CNC(=O)C(=O)Nc1cccc(Cl)c1)Nc1cccc(Cl)c1Cl. The summed E-state index contributed by atoms with van der Waals surface area (Å²) in [7, 11) is 0. The van der Waals surface area contributed by atoms with Crippen molar-refractivity contribution in [3.05, 3.63) is 57.5 Å². The summed E-state index contributed by atoms with van der Waals surface area (Å²) in [6, 6.07) is 11.0. The van der Waals surface area contributed by atoms with Gasteiger partial charge in [-0.15, -0.1) is 0 Å². The van der Waals surface area contributed by atoms with Crippen LogP contribution in [-0.4, -0.2) is 24.3 Å². The lowest BCUT2D eigenvalue weighted by molar-refractivity contribution is -0.136. The van der Waals surface area contributed by atoms with Gasteiger partial charge in [0.1, 0.15) is 0 Å². The van der Waals surface area contributed by atoms with E-state index in [0.717, 1.165) is 0 Å². The smallest absolute Gasteiger partial charge is 0.313 e. The van der Waals surface area contributed by atoms with Crippen LogP contribution >= 0.6 is 34.8 Å². The van der Waals surface area contributed by atoms with Crippen LogP contribution in [-0.2, 0) is 14.4 Å². The fourth-order valence-corrected chi connectivity index (χ4v) is 2.33. The highest BCUT2D eigenvalue weighted by Gasteiger charge is 2.15. The first-order valence-corrected chi connectivity index (χ1v) is 8.09. The Hall–Kier alpha value is -2.28. The Morgan fingerprint density at radius 1 is 0.880 bits per heavy atom. The maximum atomic E-state index is 11.8. The summed E-state index contributed by atoms with van der Waals surface area (Å²) in [6.07, 6.45) is 0. The second kappa shape index (κ2) is 8.71. The molecule has 3 N–H and O–H groups in total. The molecule has 0 bridgehead atoms. The summed E-state index contributed by atoms with van der Waals surface area (Å²) in [5.41, 5.74) is 0.666. The zero-order valence-electron chi connectivity index (χ0n) is 12.6. The highest BCUT2D eigenvalue weighted by atomic mass is 35.5. The van der Waals surface area contributed by atoms with Gasteiger partial charge < -0.3 is 16.0 Å². The van der Waals surface area contributed by atoms with Gasteiger partial charge in [-0.2, -0.15) is 0 Å². The van der Waals surface area contributed by atoms with Crippen LogP contribution in [0.2, 0.25) is 15.1 Å². The number of benzene rings is 2. The van der Waals surface area contributed by atoms with Gasteiger partial charge in [-0.3, -0.25) is 14.4 Å². The topological polar surface area (TPSA) is 87.3 Å². The van der Waals surface area contributed by atoms with E-state index in [1.165, 1.54) is 6.07 Å². The van der Waals surface area contributed by atoms with Crippen LogP contribution < -0.4 is 16.0 Å². The second-order valence-electron chi connectivity index (χ2n) is 4.80. The standard InChI is InChI=1S/C16H12Cl3N3O3/c17-9-3-1-4-10(7-9)21-16(25)15(24)20-8-13(23)22-12-6-2-5-11(18)14(12)19/h1-7H,8H2,(H,20,24)(H,21,25)(H,22,23). The highest BCUT2D eigenvalue weighted by Crippen LogP contribution is 2.29. The lowest BCUT2D eigenvalue weighted by Crippen LogP contribution is -2.39. The Morgan fingerprint density at radius 2 is 1.60 bits per heavy atom. The van der Waals surface area contributed by atoms with Crippen molar-refractivity contribution in [3.8, 4) is 0 Å². The van der Waals surface area contributed by atoms with Gasteiger partial charge in [-0.1, -0.05) is 46.9 Å². The van der Waals surface area contributed by atoms with Gasteiger partial charge in [-0.25, -0.2) is 0 Å². The van der Waals surface area contributed by atoms with Crippen LogP contribution in [0.25, 0.3) is 0 Å². The Kier molecular flexibility index (Phi) is 6.64. The Labute approximate surface area is 158 Å². The van der Waals surface area contributed by atoms with E-state index in [2.05, 4.69) is 16.0 Å². The van der Waals surface area contributed by atoms with Crippen LogP contribution in [0.3, 0.4) is 0 Å². The second-order valence-corrected chi connectivity index (χ2v) is 6.02. The van der Waals surface area contributed by atoms with Gasteiger partial charge in [0, 0.05) is 10.7 Å². The maximum absolute atomic E-state index is 11.8. The summed E-state index contributed by atoms with van der Waals surface area (Å²) < 4.78 is 0. The Morgan fingerprint density at radius 3 is 2.32 bits per heavy atom. The van der Waals surface area contributed by atoms with Crippen LogP contribution in [0, 0.1) is 0 Å². The van der Waals surface area contributed by atoms with E-state index >= 15 is 0 Å². The normalized spacial score (nSPS) is 10.0. The first kappa shape index (κ1) is 19.1. The number of rotatable bonds is 4. The number of nitrogens with one attached hydrogen (secondary N) is 3. The molecule has 25 heavy (non-hydrogen) atoms. The minimum absolute atomic E-state index is 0.183. The van der Waals surface area contributed by atoms with Crippen molar-refractivity contribution >= 4 is 63.9 Å². The molecule has 0 saturated heterocycles. The third kappa shape index (κ3) is 5.63. The predicted octanol–water partition coefficient (Wildman–Crippen LogP) is 3.34. The fraction of sp³-hybridized carbons (Fsp3) is 0.0625. The van der Waals surface area contributed by atoms with Crippen molar-refractivity contribution in [2.75, 3.05) is 17.2 Å². The molecule has 2 aromatic carbocycles. The molecule has 0 radical (unpaired) electrons. The van der Waals surface area contributed by atoms with Crippen LogP contribution in [0.4, 0.5) is 11.4 Å². The molecule has 2 aromatic rings. The average Bonchev–Trinajstić information content (AvgIpc) is 2.57. The number of halogens is 3. The minimum Gasteiger partial charge on any atom is -0.339 e. The number of hydrogen-bond acceptors (Lipinski definition) is 3. The molecule has 0 aliphatic heterocycles. The molecule has 9 heteroatoms. The van der Waals surface area contributed by atoms with Crippen molar-refractivity contribution in [3.63, 3.8) is 0 Å². The average molecular weight is 401 g/mol. The van der Waals surface area contributed by atoms with E-state index in [0.29, 0.717) is 16.4 Å². The molecule has 3 amide bonds. The molecular formula is C16H12Cl3N3O3. The monoisotopic (exact) mass is 399 g/mol. The predicted molar refractivity (Wildman–Crippen MR) is 98.2 cm³/mol. The maximum Gasteiger partial charge on any atom is 0.313 e. The number of carbonyl (C=O) groups is 3. The fourth-order valence-electron chi connectivity index (χ4n) is 1.79. The van der Waals surface area contributed by atoms with Crippen molar-refractivity contribution in [1.82, 2.24) is 5.32 Å². The summed E-state index contributed by atoms with van der Waals surface area (Å²) in [4.78, 5) is 35.3. The lowest BCUT2D eigenvalue weighted by atomic mass is 10.3. The van der Waals surface area contributed by atoms with Gasteiger partial charge in [0.15, 0.2) is 0 Å². The van der Waals surface area contributed by atoms with E-state index in [9.17, 15) is 14.4 Å². The summed E-state index contributed by atoms with van der Waals surface area (Å²) in [6.45, 7) is -0.412. The van der Waals surface area contributed by atoms with E-state index in [-0.39, 0.29) is 10.0 Å². The molecule has 6 nitrogen and oxygen atoms in total.